The molecule has 0 aliphatic carbocycles. The molecule has 1 fully saturated rings. The molecule has 2 unspecified atom stereocenters. The van der Waals surface area contributed by atoms with Crippen LogP contribution in [0.15, 0.2) is 40.8 Å². The summed E-state index contributed by atoms with van der Waals surface area (Å²) in [5.74, 6) is 2.42. The quantitative estimate of drug-likeness (QED) is 0.512. The molecule has 0 amide bonds. The van der Waals surface area contributed by atoms with E-state index in [1.54, 1.807) is 0 Å². The number of guanidine groups is 1. The molecule has 1 aliphatic heterocycles. The summed E-state index contributed by atoms with van der Waals surface area (Å²) in [6, 6.07) is 8.53. The monoisotopic (exact) mass is 415 g/mol. The minimum Gasteiger partial charge on any atom is -0.375 e. The molecule has 2 aromatic heterocycles. The van der Waals surface area contributed by atoms with Gasteiger partial charge in [-0.15, -0.1) is 11.3 Å². The maximum absolute atomic E-state index is 5.61. The Morgan fingerprint density at radius 2 is 2.28 bits per heavy atom. The lowest BCUT2D eigenvalue weighted by Crippen LogP contribution is -2.41. The first-order valence-corrected chi connectivity index (χ1v) is 11.4. The zero-order valence-electron chi connectivity index (χ0n) is 17.7. The van der Waals surface area contributed by atoms with Crippen LogP contribution in [-0.4, -0.2) is 49.8 Å². The van der Waals surface area contributed by atoms with Gasteiger partial charge in [0.15, 0.2) is 5.96 Å². The summed E-state index contributed by atoms with van der Waals surface area (Å²) in [7, 11) is 0. The number of hydrogen-bond acceptors (Lipinski definition) is 5. The number of nitrogens with one attached hydrogen (secondary N) is 2. The molecule has 6 nitrogen and oxygen atoms in total. The van der Waals surface area contributed by atoms with Crippen molar-refractivity contribution in [2.75, 3.05) is 37.7 Å². The van der Waals surface area contributed by atoms with E-state index in [9.17, 15) is 0 Å². The fourth-order valence-electron chi connectivity index (χ4n) is 3.35. The van der Waals surface area contributed by atoms with Gasteiger partial charge >= 0.3 is 0 Å². The molecular weight excluding hydrogens is 382 g/mol. The van der Waals surface area contributed by atoms with Crippen molar-refractivity contribution < 1.29 is 4.74 Å². The summed E-state index contributed by atoms with van der Waals surface area (Å²) in [6.07, 6.45) is 3.28. The summed E-state index contributed by atoms with van der Waals surface area (Å²) in [5.41, 5.74) is 1.11. The zero-order chi connectivity index (χ0) is 20.5. The zero-order valence-corrected chi connectivity index (χ0v) is 18.5. The minimum atomic E-state index is 0.255. The largest absolute Gasteiger partial charge is 0.375 e. The topological polar surface area (TPSA) is 61.8 Å². The van der Waals surface area contributed by atoms with E-state index in [1.807, 2.05) is 17.5 Å². The van der Waals surface area contributed by atoms with Crippen molar-refractivity contribution in [1.82, 2.24) is 15.6 Å². The number of aromatic nitrogens is 1. The Kier molecular flexibility index (Phi) is 8.31. The Bertz CT molecular complexity index is 747. The molecule has 0 aromatic carbocycles. The Balaban J connectivity index is 1.51. The lowest BCUT2D eigenvalue weighted by atomic mass is 10.1. The second-order valence-electron chi connectivity index (χ2n) is 7.62. The number of anilines is 1. The van der Waals surface area contributed by atoms with Gasteiger partial charge in [-0.2, -0.15) is 0 Å². The van der Waals surface area contributed by atoms with Crippen LogP contribution in [0.1, 0.15) is 31.2 Å². The summed E-state index contributed by atoms with van der Waals surface area (Å²) >= 11 is 1.82. The molecule has 1 aliphatic rings. The summed E-state index contributed by atoms with van der Waals surface area (Å²) < 4.78 is 5.61. The van der Waals surface area contributed by atoms with Crippen molar-refractivity contribution in [2.45, 2.75) is 39.8 Å². The molecular formula is C22H33N5OS. The van der Waals surface area contributed by atoms with Crippen molar-refractivity contribution in [3.8, 4) is 0 Å². The van der Waals surface area contributed by atoms with Gasteiger partial charge in [0, 0.05) is 37.3 Å². The SMILES string of the molecule is CCNC(=NCc1ccc(N2CCOC(C)C2)nc1)NCC(C)Cc1cccs1. The second kappa shape index (κ2) is 11.2. The first kappa shape index (κ1) is 21.6. The van der Waals surface area contributed by atoms with Gasteiger partial charge in [-0.3, -0.25) is 0 Å². The smallest absolute Gasteiger partial charge is 0.191 e. The summed E-state index contributed by atoms with van der Waals surface area (Å²) in [5, 5.41) is 8.94. The molecule has 3 rings (SSSR count). The average Bonchev–Trinajstić information content (AvgIpc) is 3.23. The molecule has 0 spiro atoms. The van der Waals surface area contributed by atoms with Gasteiger partial charge in [-0.25, -0.2) is 9.98 Å². The normalized spacial score (nSPS) is 18.5. The number of thiophene rings is 1. The lowest BCUT2D eigenvalue weighted by molar-refractivity contribution is 0.0529. The predicted molar refractivity (Wildman–Crippen MR) is 122 cm³/mol. The highest BCUT2D eigenvalue weighted by Gasteiger charge is 2.17. The van der Waals surface area contributed by atoms with Gasteiger partial charge in [0.1, 0.15) is 5.82 Å². The number of hydrogen-bond donors (Lipinski definition) is 2. The second-order valence-corrected chi connectivity index (χ2v) is 8.65. The Hall–Kier alpha value is -2.12. The van der Waals surface area contributed by atoms with Crippen LogP contribution >= 0.6 is 11.3 Å². The van der Waals surface area contributed by atoms with Crippen LogP contribution in [0.4, 0.5) is 5.82 Å². The number of morpholine rings is 1. The van der Waals surface area contributed by atoms with E-state index in [-0.39, 0.29) is 6.10 Å². The van der Waals surface area contributed by atoms with Crippen molar-refractivity contribution >= 4 is 23.1 Å². The average molecular weight is 416 g/mol. The summed E-state index contributed by atoms with van der Waals surface area (Å²) in [6.45, 7) is 11.4. The molecule has 1 saturated heterocycles. The van der Waals surface area contributed by atoms with Gasteiger partial charge in [-0.05, 0) is 49.3 Å². The summed E-state index contributed by atoms with van der Waals surface area (Å²) in [4.78, 5) is 13.1. The third-order valence-electron chi connectivity index (χ3n) is 4.89. The van der Waals surface area contributed by atoms with E-state index in [0.29, 0.717) is 12.5 Å². The third-order valence-corrected chi connectivity index (χ3v) is 5.78. The van der Waals surface area contributed by atoms with Gasteiger partial charge < -0.3 is 20.3 Å². The van der Waals surface area contributed by atoms with E-state index in [2.05, 4.69) is 70.9 Å². The Morgan fingerprint density at radius 3 is 2.97 bits per heavy atom. The number of aliphatic imine (C=N–C) groups is 1. The van der Waals surface area contributed by atoms with Crippen LogP contribution in [0.25, 0.3) is 0 Å². The van der Waals surface area contributed by atoms with E-state index in [4.69, 9.17) is 9.73 Å². The molecule has 0 saturated carbocycles. The van der Waals surface area contributed by atoms with Crippen LogP contribution in [0.2, 0.25) is 0 Å². The van der Waals surface area contributed by atoms with Gasteiger partial charge in [0.05, 0.1) is 19.3 Å². The molecule has 29 heavy (non-hydrogen) atoms. The highest BCUT2D eigenvalue weighted by molar-refractivity contribution is 7.09. The van der Waals surface area contributed by atoms with Crippen LogP contribution in [-0.2, 0) is 17.7 Å². The highest BCUT2D eigenvalue weighted by atomic mass is 32.1. The molecule has 0 bridgehead atoms. The first-order valence-electron chi connectivity index (χ1n) is 10.5. The van der Waals surface area contributed by atoms with Crippen LogP contribution in [0.3, 0.4) is 0 Å². The molecule has 0 radical (unpaired) electrons. The van der Waals surface area contributed by atoms with Crippen LogP contribution in [0, 0.1) is 5.92 Å². The lowest BCUT2D eigenvalue weighted by Gasteiger charge is -2.32. The maximum atomic E-state index is 5.61. The van der Waals surface area contributed by atoms with E-state index in [1.165, 1.54) is 4.88 Å². The number of rotatable bonds is 8. The van der Waals surface area contributed by atoms with E-state index < -0.39 is 0 Å². The van der Waals surface area contributed by atoms with Crippen molar-refractivity contribution in [3.05, 3.63) is 46.3 Å². The van der Waals surface area contributed by atoms with E-state index in [0.717, 1.165) is 56.5 Å². The predicted octanol–water partition coefficient (Wildman–Crippen LogP) is 3.30. The standard InChI is InChI=1S/C22H33N5OS/c1-4-23-22(25-13-17(2)12-20-6-5-11-29-20)26-15-19-7-8-21(24-14-19)27-9-10-28-18(3)16-27/h5-8,11,14,17-18H,4,9-10,12-13,15-16H2,1-3H3,(H2,23,25,26). The molecule has 2 aromatic rings. The third kappa shape index (κ3) is 7.01. The van der Waals surface area contributed by atoms with Crippen LogP contribution < -0.4 is 15.5 Å². The fraction of sp³-hybridized carbons (Fsp3) is 0.545. The molecule has 2 N–H and O–H groups in total. The fourth-order valence-corrected chi connectivity index (χ4v) is 4.22. The highest BCUT2D eigenvalue weighted by Crippen LogP contribution is 2.16. The van der Waals surface area contributed by atoms with Gasteiger partial charge in [0.25, 0.3) is 0 Å². The van der Waals surface area contributed by atoms with Crippen LogP contribution in [0.5, 0.6) is 0 Å². The molecule has 158 valence electrons. The van der Waals surface area contributed by atoms with Gasteiger partial charge in [0.2, 0.25) is 0 Å². The minimum absolute atomic E-state index is 0.255. The Morgan fingerprint density at radius 1 is 1.38 bits per heavy atom. The maximum Gasteiger partial charge on any atom is 0.191 e. The molecule has 2 atom stereocenters. The number of nitrogens with zero attached hydrogens (tertiary/aromatic N) is 3. The van der Waals surface area contributed by atoms with Crippen molar-refractivity contribution in [3.63, 3.8) is 0 Å². The first-order chi connectivity index (χ1) is 14.1. The van der Waals surface area contributed by atoms with Crippen molar-refractivity contribution in [2.24, 2.45) is 10.9 Å². The Labute approximate surface area is 178 Å². The molecule has 7 heteroatoms. The van der Waals surface area contributed by atoms with E-state index >= 15 is 0 Å². The number of ether oxygens (including phenoxy) is 1. The van der Waals surface area contributed by atoms with Crippen molar-refractivity contribution in [1.29, 1.82) is 0 Å². The molecule has 3 heterocycles. The van der Waals surface area contributed by atoms with Gasteiger partial charge in [-0.1, -0.05) is 19.1 Å². The number of pyridine rings is 1.